The first-order valence-corrected chi connectivity index (χ1v) is 11.9. The van der Waals surface area contributed by atoms with Gasteiger partial charge in [-0.3, -0.25) is 14.5 Å². The normalized spacial score (nSPS) is 17.2. The van der Waals surface area contributed by atoms with E-state index in [2.05, 4.69) is 0 Å². The van der Waals surface area contributed by atoms with Crippen molar-refractivity contribution in [3.8, 4) is 11.5 Å². The number of carbonyl (C=O) groups is 2. The number of aromatic nitrogens is 2. The van der Waals surface area contributed by atoms with Gasteiger partial charge in [0.2, 0.25) is 11.9 Å². The Balaban J connectivity index is 1.70. The minimum absolute atomic E-state index is 0.0312. The zero-order valence-corrected chi connectivity index (χ0v) is 20.1. The van der Waals surface area contributed by atoms with Gasteiger partial charge in [-0.2, -0.15) is 0 Å². The lowest BCUT2D eigenvalue weighted by atomic mass is 9.89. The summed E-state index contributed by atoms with van der Waals surface area (Å²) in [4.78, 5) is 33.7. The van der Waals surface area contributed by atoms with Crippen LogP contribution in [0.3, 0.4) is 0 Å². The Morgan fingerprint density at radius 3 is 2.56 bits per heavy atom. The Morgan fingerprint density at radius 2 is 1.81 bits per heavy atom. The summed E-state index contributed by atoms with van der Waals surface area (Å²) >= 11 is 0. The molecule has 36 heavy (non-hydrogen) atoms. The molecule has 0 aliphatic carbocycles. The number of nitrogens with zero attached hydrogens (tertiary/aromatic N) is 3. The molecule has 0 fully saturated rings. The smallest absolute Gasteiger partial charge is 0.321 e. The van der Waals surface area contributed by atoms with Crippen LogP contribution in [0.15, 0.2) is 72.8 Å². The van der Waals surface area contributed by atoms with E-state index in [1.165, 1.54) is 13.2 Å². The first-order valence-electron chi connectivity index (χ1n) is 11.9. The van der Waals surface area contributed by atoms with Gasteiger partial charge in [0.05, 0.1) is 30.8 Å². The van der Waals surface area contributed by atoms with Crippen molar-refractivity contribution in [2.45, 2.75) is 19.4 Å². The summed E-state index contributed by atoms with van der Waals surface area (Å²) in [6, 6.07) is 21.6. The molecular weight excluding hydrogens is 458 g/mol. The minimum Gasteiger partial charge on any atom is -0.504 e. The number of methoxy groups -OCH3 is 1. The number of imidazole rings is 1. The summed E-state index contributed by atoms with van der Waals surface area (Å²) in [5.74, 6) is -1.43. The highest BCUT2D eigenvalue weighted by Gasteiger charge is 2.47. The SMILES string of the molecule is CCOC(=O)[C@H]1C(=O)N(CCc2ccccc2)c2nc3ccccc3n2[C@@H]1c1ccc(O)c(OC)c1. The van der Waals surface area contributed by atoms with Crippen LogP contribution in [0, 0.1) is 5.92 Å². The summed E-state index contributed by atoms with van der Waals surface area (Å²) in [7, 11) is 1.46. The van der Waals surface area contributed by atoms with Crippen LogP contribution in [0.2, 0.25) is 0 Å². The van der Waals surface area contributed by atoms with Crippen molar-refractivity contribution >= 4 is 28.9 Å². The van der Waals surface area contributed by atoms with Crippen molar-refractivity contribution in [3.05, 3.63) is 83.9 Å². The van der Waals surface area contributed by atoms with Crippen LogP contribution in [-0.2, 0) is 20.7 Å². The third-order valence-electron chi connectivity index (χ3n) is 6.50. The molecule has 1 aliphatic heterocycles. The van der Waals surface area contributed by atoms with Crippen LogP contribution in [0.25, 0.3) is 11.0 Å². The Hall–Kier alpha value is -4.33. The molecular formula is C28H27N3O5. The topological polar surface area (TPSA) is 93.9 Å². The number of para-hydroxylation sites is 2. The molecule has 0 spiro atoms. The van der Waals surface area contributed by atoms with Crippen molar-refractivity contribution in [1.82, 2.24) is 9.55 Å². The van der Waals surface area contributed by atoms with Gasteiger partial charge >= 0.3 is 5.97 Å². The van der Waals surface area contributed by atoms with Crippen LogP contribution in [-0.4, -0.2) is 46.8 Å². The number of anilines is 1. The Labute approximate surface area is 208 Å². The van der Waals surface area contributed by atoms with Crippen molar-refractivity contribution < 1.29 is 24.2 Å². The van der Waals surface area contributed by atoms with E-state index in [0.29, 0.717) is 30.0 Å². The first-order chi connectivity index (χ1) is 17.5. The van der Waals surface area contributed by atoms with Crippen LogP contribution in [0.5, 0.6) is 11.5 Å². The fraction of sp³-hybridized carbons (Fsp3) is 0.250. The van der Waals surface area contributed by atoms with Gasteiger partial charge in [0.15, 0.2) is 17.4 Å². The number of hydrogen-bond acceptors (Lipinski definition) is 6. The molecule has 1 N–H and O–H groups in total. The van der Waals surface area contributed by atoms with Gasteiger partial charge in [-0.05, 0) is 48.7 Å². The maximum atomic E-state index is 14.0. The predicted molar refractivity (Wildman–Crippen MR) is 135 cm³/mol. The molecule has 8 heteroatoms. The van der Waals surface area contributed by atoms with E-state index < -0.39 is 17.9 Å². The molecule has 0 saturated heterocycles. The van der Waals surface area contributed by atoms with E-state index in [0.717, 1.165) is 11.1 Å². The molecule has 1 amide bonds. The van der Waals surface area contributed by atoms with Gasteiger partial charge in [0.25, 0.3) is 0 Å². The Bertz CT molecular complexity index is 1420. The largest absolute Gasteiger partial charge is 0.504 e. The average Bonchev–Trinajstić information content (AvgIpc) is 3.28. The molecule has 0 saturated carbocycles. The van der Waals surface area contributed by atoms with Gasteiger partial charge in [-0.1, -0.05) is 48.5 Å². The number of fused-ring (bicyclic) bond motifs is 3. The number of ether oxygens (including phenoxy) is 2. The van der Waals surface area contributed by atoms with Gasteiger partial charge in [0, 0.05) is 6.54 Å². The number of esters is 1. The molecule has 4 aromatic rings. The van der Waals surface area contributed by atoms with Crippen LogP contribution in [0.4, 0.5) is 5.95 Å². The maximum absolute atomic E-state index is 14.0. The number of rotatable bonds is 7. The number of amides is 1. The molecule has 0 radical (unpaired) electrons. The average molecular weight is 486 g/mol. The molecule has 1 aromatic heterocycles. The maximum Gasteiger partial charge on any atom is 0.321 e. The molecule has 5 rings (SSSR count). The van der Waals surface area contributed by atoms with Gasteiger partial charge < -0.3 is 19.1 Å². The lowest BCUT2D eigenvalue weighted by Gasteiger charge is -2.38. The molecule has 184 valence electrons. The number of phenols is 1. The molecule has 3 aromatic carbocycles. The van der Waals surface area contributed by atoms with E-state index >= 15 is 0 Å². The van der Waals surface area contributed by atoms with Crippen molar-refractivity contribution in [2.24, 2.45) is 5.92 Å². The highest BCUT2D eigenvalue weighted by molar-refractivity contribution is 6.08. The third-order valence-corrected chi connectivity index (χ3v) is 6.50. The highest BCUT2D eigenvalue weighted by atomic mass is 16.5. The van der Waals surface area contributed by atoms with Crippen LogP contribution < -0.4 is 9.64 Å². The number of hydrogen-bond donors (Lipinski definition) is 1. The van der Waals surface area contributed by atoms with Gasteiger partial charge in [0.1, 0.15) is 0 Å². The summed E-state index contributed by atoms with van der Waals surface area (Å²) < 4.78 is 12.6. The monoisotopic (exact) mass is 485 g/mol. The molecule has 2 atom stereocenters. The summed E-state index contributed by atoms with van der Waals surface area (Å²) in [5.41, 5.74) is 3.20. The minimum atomic E-state index is -1.14. The summed E-state index contributed by atoms with van der Waals surface area (Å²) in [6.07, 6.45) is 0.600. The first kappa shape index (κ1) is 23.4. The van der Waals surface area contributed by atoms with E-state index in [1.807, 2.05) is 59.2 Å². The van der Waals surface area contributed by atoms with E-state index in [4.69, 9.17) is 14.5 Å². The van der Waals surface area contributed by atoms with Gasteiger partial charge in [-0.15, -0.1) is 0 Å². The molecule has 0 unspecified atom stereocenters. The van der Waals surface area contributed by atoms with E-state index in [-0.39, 0.29) is 24.0 Å². The molecule has 0 bridgehead atoms. The number of aromatic hydroxyl groups is 1. The fourth-order valence-electron chi connectivity index (χ4n) is 4.82. The Morgan fingerprint density at radius 1 is 1.06 bits per heavy atom. The fourth-order valence-corrected chi connectivity index (χ4v) is 4.82. The van der Waals surface area contributed by atoms with E-state index in [1.54, 1.807) is 24.0 Å². The van der Waals surface area contributed by atoms with Crippen LogP contribution >= 0.6 is 0 Å². The summed E-state index contributed by atoms with van der Waals surface area (Å²) in [6.45, 7) is 2.22. The Kier molecular flexibility index (Phi) is 6.33. The zero-order chi connectivity index (χ0) is 25.2. The second-order valence-electron chi connectivity index (χ2n) is 8.60. The second kappa shape index (κ2) is 9.73. The molecule has 8 nitrogen and oxygen atoms in total. The standard InChI is InChI=1S/C28H27N3O5/c1-3-36-27(34)24-25(19-13-14-22(32)23(17-19)35-2)31-21-12-8-7-11-20(21)29-28(31)30(26(24)33)16-15-18-9-5-4-6-10-18/h4-14,17,24-25,32H,3,15-16H2,1-2H3/t24-,25-/m1/s1. The molecule has 1 aliphatic rings. The van der Waals surface area contributed by atoms with Crippen LogP contribution in [0.1, 0.15) is 24.1 Å². The van der Waals surface area contributed by atoms with Crippen molar-refractivity contribution in [2.75, 3.05) is 25.2 Å². The predicted octanol–water partition coefficient (Wildman–Crippen LogP) is 4.11. The van der Waals surface area contributed by atoms with Crippen molar-refractivity contribution in [3.63, 3.8) is 0 Å². The quantitative estimate of drug-likeness (QED) is 0.313. The number of carbonyl (C=O) groups excluding carboxylic acids is 2. The summed E-state index contributed by atoms with van der Waals surface area (Å²) in [5, 5.41) is 10.2. The number of benzene rings is 3. The third kappa shape index (κ3) is 4.04. The highest BCUT2D eigenvalue weighted by Crippen LogP contribution is 2.43. The zero-order valence-electron chi connectivity index (χ0n) is 20.1. The lowest BCUT2D eigenvalue weighted by Crippen LogP contribution is -2.50. The van der Waals surface area contributed by atoms with Gasteiger partial charge in [-0.25, -0.2) is 4.98 Å². The lowest BCUT2D eigenvalue weighted by molar-refractivity contribution is -0.153. The van der Waals surface area contributed by atoms with Crippen molar-refractivity contribution in [1.29, 1.82) is 0 Å². The number of phenolic OH excluding ortho intramolecular Hbond substituents is 1. The van der Waals surface area contributed by atoms with E-state index in [9.17, 15) is 14.7 Å². The second-order valence-corrected chi connectivity index (χ2v) is 8.60. The molecule has 2 heterocycles.